The number of alkyl halides is 6. The minimum atomic E-state index is -5.80. The Hall–Kier alpha value is -2.52. The lowest BCUT2D eigenvalue weighted by Crippen LogP contribution is -2.66. The molecule has 0 radical (unpaired) electrons. The van der Waals surface area contributed by atoms with E-state index < -0.39 is 40.7 Å². The van der Waals surface area contributed by atoms with Crippen molar-refractivity contribution in [3.63, 3.8) is 0 Å². The summed E-state index contributed by atoms with van der Waals surface area (Å²) in [4.78, 5) is 25.4. The quantitative estimate of drug-likeness (QED) is 0.458. The van der Waals surface area contributed by atoms with Crippen molar-refractivity contribution >= 4 is 11.8 Å². The van der Waals surface area contributed by atoms with Crippen molar-refractivity contribution in [2.24, 2.45) is 34.5 Å². The standard InChI is InChI=1S/C28H32F6N2O2/c1-24-14-12-19-17(8-11-21-25(19,2)15-13-22(37)35-21)18(24)9-10-20(24)23(38)36-26(27(29,30)31,28(32,33)34)16-6-4-3-5-7-16/h3-7,13,15,17-21H,8-12,14H2,1-2H3,(H,35,37)(H,36,38)/t17-,18-,19-,20+,21+,24-,25+/m0/s1. The number of fused-ring (bicyclic) bond motifs is 5. The minimum Gasteiger partial charge on any atom is -0.349 e. The van der Waals surface area contributed by atoms with Crippen LogP contribution in [0.15, 0.2) is 42.5 Å². The Morgan fingerprint density at radius 2 is 1.58 bits per heavy atom. The summed E-state index contributed by atoms with van der Waals surface area (Å²) in [6.45, 7) is 3.98. The summed E-state index contributed by atoms with van der Waals surface area (Å²) in [5.74, 6) is -1.89. The van der Waals surface area contributed by atoms with Crippen LogP contribution in [0.25, 0.3) is 0 Å². The largest absolute Gasteiger partial charge is 0.424 e. The van der Waals surface area contributed by atoms with Crippen LogP contribution in [0.3, 0.4) is 0 Å². The first kappa shape index (κ1) is 27.1. The lowest BCUT2D eigenvalue weighted by Gasteiger charge is -2.58. The third-order valence-electron chi connectivity index (χ3n) is 10.4. The summed E-state index contributed by atoms with van der Waals surface area (Å²) in [6, 6.07) is 5.02. The van der Waals surface area contributed by atoms with Crippen LogP contribution < -0.4 is 10.6 Å². The molecule has 0 aromatic heterocycles. The maximum Gasteiger partial charge on any atom is 0.424 e. The van der Waals surface area contributed by atoms with Crippen LogP contribution in [0.4, 0.5) is 26.3 Å². The molecule has 3 saturated carbocycles. The third kappa shape index (κ3) is 3.79. The molecule has 4 nitrogen and oxygen atoms in total. The van der Waals surface area contributed by atoms with Crippen molar-refractivity contribution in [1.29, 1.82) is 0 Å². The molecule has 0 unspecified atom stereocenters. The summed E-state index contributed by atoms with van der Waals surface area (Å²) >= 11 is 0. The van der Waals surface area contributed by atoms with Gasteiger partial charge in [-0.1, -0.05) is 50.3 Å². The van der Waals surface area contributed by atoms with E-state index >= 15 is 0 Å². The van der Waals surface area contributed by atoms with E-state index in [1.54, 1.807) is 6.08 Å². The van der Waals surface area contributed by atoms with Crippen LogP contribution in [-0.2, 0) is 15.1 Å². The van der Waals surface area contributed by atoms with Crippen LogP contribution in [-0.4, -0.2) is 30.2 Å². The van der Waals surface area contributed by atoms with Gasteiger partial charge in [0.05, 0.1) is 0 Å². The first-order valence-electron chi connectivity index (χ1n) is 13.2. The summed E-state index contributed by atoms with van der Waals surface area (Å²) in [5, 5.41) is 4.56. The molecule has 1 aliphatic heterocycles. The third-order valence-corrected chi connectivity index (χ3v) is 10.4. The summed E-state index contributed by atoms with van der Waals surface area (Å²) in [5.41, 5.74) is -6.54. The number of halogens is 6. The monoisotopic (exact) mass is 542 g/mol. The molecule has 2 N–H and O–H groups in total. The Balaban J connectivity index is 1.45. The van der Waals surface area contributed by atoms with Crippen molar-refractivity contribution in [3.8, 4) is 0 Å². The molecule has 208 valence electrons. The first-order chi connectivity index (χ1) is 17.6. The zero-order chi connectivity index (χ0) is 27.7. The second-order valence-corrected chi connectivity index (χ2v) is 12.0. The van der Waals surface area contributed by atoms with Crippen molar-refractivity contribution in [2.45, 2.75) is 76.3 Å². The van der Waals surface area contributed by atoms with Gasteiger partial charge in [0.15, 0.2) is 0 Å². The highest BCUT2D eigenvalue weighted by molar-refractivity contribution is 5.89. The molecule has 3 fully saturated rings. The van der Waals surface area contributed by atoms with E-state index in [1.807, 2.05) is 13.0 Å². The molecule has 2 amide bonds. The Kier molecular flexibility index (Phi) is 6.23. The van der Waals surface area contributed by atoms with Crippen molar-refractivity contribution in [3.05, 3.63) is 48.0 Å². The Morgan fingerprint density at radius 3 is 2.21 bits per heavy atom. The molecule has 3 aliphatic carbocycles. The molecule has 1 aromatic carbocycles. The Bertz CT molecular complexity index is 1120. The molecule has 1 aromatic rings. The van der Waals surface area contributed by atoms with Gasteiger partial charge in [-0.15, -0.1) is 0 Å². The molecule has 0 saturated heterocycles. The number of nitrogens with one attached hydrogen (secondary N) is 2. The average molecular weight is 543 g/mol. The summed E-state index contributed by atoms with van der Waals surface area (Å²) < 4.78 is 85.9. The van der Waals surface area contributed by atoms with Gasteiger partial charge in [0.1, 0.15) is 0 Å². The van der Waals surface area contributed by atoms with Gasteiger partial charge in [-0.2, -0.15) is 26.3 Å². The van der Waals surface area contributed by atoms with Crippen LogP contribution in [0.1, 0.15) is 57.9 Å². The van der Waals surface area contributed by atoms with E-state index in [9.17, 15) is 35.9 Å². The van der Waals surface area contributed by atoms with Gasteiger partial charge in [-0.25, -0.2) is 0 Å². The number of carbonyl (C=O) groups excluding carboxylic acids is 2. The second-order valence-electron chi connectivity index (χ2n) is 12.0. The Morgan fingerprint density at radius 1 is 0.921 bits per heavy atom. The highest BCUT2D eigenvalue weighted by Crippen LogP contribution is 2.65. The zero-order valence-corrected chi connectivity index (χ0v) is 21.3. The normalized spacial score (nSPS) is 37.1. The SMILES string of the molecule is C[C@]12C=CC(=O)N[C@@H]1CC[C@@H]1[C@@H]2CC[C@]2(C)[C@@H](C(=O)NC(c3ccccc3)(C(F)(F)F)C(F)(F)F)CC[C@@H]12. The number of benzene rings is 1. The van der Waals surface area contributed by atoms with Crippen LogP contribution in [0.2, 0.25) is 0 Å². The van der Waals surface area contributed by atoms with Crippen LogP contribution >= 0.6 is 0 Å². The molecule has 5 rings (SSSR count). The molecule has 7 atom stereocenters. The maximum absolute atomic E-state index is 14.3. The van der Waals surface area contributed by atoms with Crippen molar-refractivity contribution in [1.82, 2.24) is 10.6 Å². The number of carbonyl (C=O) groups is 2. The molecule has 1 heterocycles. The highest BCUT2D eigenvalue weighted by Gasteiger charge is 2.73. The fourth-order valence-corrected chi connectivity index (χ4v) is 8.43. The molecule has 0 bridgehead atoms. The van der Waals surface area contributed by atoms with E-state index in [0.717, 1.165) is 37.1 Å². The van der Waals surface area contributed by atoms with Gasteiger partial charge < -0.3 is 10.6 Å². The first-order valence-corrected chi connectivity index (χ1v) is 13.2. The molecule has 0 spiro atoms. The molecular formula is C28H32F6N2O2. The fraction of sp³-hybridized carbons (Fsp3) is 0.643. The molecule has 4 aliphatic rings. The summed E-state index contributed by atoms with van der Waals surface area (Å²) in [6.07, 6.45) is -4.51. The number of hydrogen-bond donors (Lipinski definition) is 2. The van der Waals surface area contributed by atoms with Gasteiger partial charge in [0, 0.05) is 17.4 Å². The summed E-state index contributed by atoms with van der Waals surface area (Å²) in [7, 11) is 0. The lowest BCUT2D eigenvalue weighted by atomic mass is 9.48. The maximum atomic E-state index is 14.3. The van der Waals surface area contributed by atoms with Crippen LogP contribution in [0, 0.1) is 34.5 Å². The van der Waals surface area contributed by atoms with E-state index in [0.29, 0.717) is 19.3 Å². The van der Waals surface area contributed by atoms with E-state index in [4.69, 9.17) is 0 Å². The number of hydrogen-bond acceptors (Lipinski definition) is 2. The zero-order valence-electron chi connectivity index (χ0n) is 21.3. The van der Waals surface area contributed by atoms with Gasteiger partial charge >= 0.3 is 12.4 Å². The predicted octanol–water partition coefficient (Wildman–Crippen LogP) is 6.04. The van der Waals surface area contributed by atoms with Crippen LogP contribution in [0.5, 0.6) is 0 Å². The van der Waals surface area contributed by atoms with Crippen molar-refractivity contribution in [2.75, 3.05) is 0 Å². The number of amides is 2. The fourth-order valence-electron chi connectivity index (χ4n) is 8.43. The minimum absolute atomic E-state index is 0.00343. The van der Waals surface area contributed by atoms with Gasteiger partial charge in [0.2, 0.25) is 11.8 Å². The molecule has 38 heavy (non-hydrogen) atoms. The molecule has 10 heteroatoms. The van der Waals surface area contributed by atoms with E-state index in [2.05, 4.69) is 12.2 Å². The van der Waals surface area contributed by atoms with Crippen molar-refractivity contribution < 1.29 is 35.9 Å². The second kappa shape index (κ2) is 8.74. The van der Waals surface area contributed by atoms with Gasteiger partial charge in [0.25, 0.3) is 5.54 Å². The smallest absolute Gasteiger partial charge is 0.349 e. The van der Waals surface area contributed by atoms with E-state index in [-0.39, 0.29) is 41.5 Å². The van der Waals surface area contributed by atoms with Gasteiger partial charge in [-0.3, -0.25) is 9.59 Å². The predicted molar refractivity (Wildman–Crippen MR) is 127 cm³/mol. The Labute approximate surface area is 217 Å². The van der Waals surface area contributed by atoms with E-state index in [1.165, 1.54) is 11.4 Å². The average Bonchev–Trinajstić information content (AvgIpc) is 3.19. The lowest BCUT2D eigenvalue weighted by molar-refractivity contribution is -0.312. The molecular weight excluding hydrogens is 510 g/mol. The van der Waals surface area contributed by atoms with Gasteiger partial charge in [-0.05, 0) is 73.3 Å². The highest BCUT2D eigenvalue weighted by atomic mass is 19.4. The number of rotatable bonds is 3. The topological polar surface area (TPSA) is 58.2 Å².